The summed E-state index contributed by atoms with van der Waals surface area (Å²) in [6.07, 6.45) is 1.72. The second kappa shape index (κ2) is 10.7. The predicted octanol–water partition coefficient (Wildman–Crippen LogP) is 3.67. The van der Waals surface area contributed by atoms with E-state index in [1.165, 1.54) is 0 Å². The summed E-state index contributed by atoms with van der Waals surface area (Å²) in [6, 6.07) is 7.04. The molecule has 1 aromatic carbocycles. The Bertz CT molecular complexity index is 1210. The Balaban J connectivity index is 1.75. The molecule has 0 saturated carbocycles. The van der Waals surface area contributed by atoms with Crippen molar-refractivity contribution in [1.82, 2.24) is 19.3 Å². The Kier molecular flexibility index (Phi) is 7.96. The lowest BCUT2D eigenvalue weighted by molar-refractivity contribution is -0.158. The summed E-state index contributed by atoms with van der Waals surface area (Å²) in [4.78, 5) is 30.1. The van der Waals surface area contributed by atoms with E-state index in [1.807, 2.05) is 13.8 Å². The van der Waals surface area contributed by atoms with Crippen LogP contribution in [0.15, 0.2) is 29.1 Å². The van der Waals surface area contributed by atoms with Crippen molar-refractivity contribution in [2.75, 3.05) is 13.2 Å². The molecule has 0 amide bonds. The van der Waals surface area contributed by atoms with Gasteiger partial charge >= 0.3 is 5.97 Å². The molecule has 3 aromatic rings. The first-order valence-corrected chi connectivity index (χ1v) is 11.8. The number of nitrogens with zero attached hydrogens (tertiary/aromatic N) is 4. The highest BCUT2D eigenvalue weighted by Gasteiger charge is 2.31. The Morgan fingerprint density at radius 3 is 2.56 bits per heavy atom. The molecular weight excluding hydrogens is 436 g/mol. The van der Waals surface area contributed by atoms with E-state index in [9.17, 15) is 9.59 Å². The van der Waals surface area contributed by atoms with E-state index in [0.717, 1.165) is 18.5 Å². The first-order valence-electron chi connectivity index (χ1n) is 11.8. The minimum atomic E-state index is -1.13. The third kappa shape index (κ3) is 5.40. The van der Waals surface area contributed by atoms with Gasteiger partial charge in [0.1, 0.15) is 29.4 Å². The zero-order valence-electron chi connectivity index (χ0n) is 20.9. The van der Waals surface area contributed by atoms with Crippen LogP contribution in [0.1, 0.15) is 52.6 Å². The van der Waals surface area contributed by atoms with E-state index in [2.05, 4.69) is 12.0 Å². The first-order chi connectivity index (χ1) is 16.2. The van der Waals surface area contributed by atoms with Gasteiger partial charge in [-0.3, -0.25) is 14.0 Å². The van der Waals surface area contributed by atoms with Crippen LogP contribution < -0.4 is 15.0 Å². The summed E-state index contributed by atoms with van der Waals surface area (Å²) >= 11 is 0. The molecule has 0 fully saturated rings. The maximum atomic E-state index is 13.3. The molecule has 0 aliphatic carbocycles. The Labute approximate surface area is 199 Å². The third-order valence-corrected chi connectivity index (χ3v) is 5.42. The SMILES string of the molecule is CCCc1nn(CC)c2c(=O)n(CCOc3cccc(OC(C)(C)C(=O)OCC)c3)c(C)nc12. The highest BCUT2D eigenvalue weighted by Crippen LogP contribution is 2.24. The average molecular weight is 471 g/mol. The number of ether oxygens (including phenoxy) is 3. The highest BCUT2D eigenvalue weighted by molar-refractivity contribution is 5.79. The summed E-state index contributed by atoms with van der Waals surface area (Å²) < 4.78 is 20.1. The van der Waals surface area contributed by atoms with Crippen molar-refractivity contribution in [2.24, 2.45) is 0 Å². The van der Waals surface area contributed by atoms with E-state index >= 15 is 0 Å². The lowest BCUT2D eigenvalue weighted by Crippen LogP contribution is -2.39. The topological polar surface area (TPSA) is 97.5 Å². The van der Waals surface area contributed by atoms with Crippen molar-refractivity contribution >= 4 is 17.0 Å². The van der Waals surface area contributed by atoms with Crippen LogP contribution in [-0.2, 0) is 29.0 Å². The lowest BCUT2D eigenvalue weighted by Gasteiger charge is -2.24. The normalized spacial score (nSPS) is 11.6. The average Bonchev–Trinajstić information content (AvgIpc) is 3.14. The van der Waals surface area contributed by atoms with Crippen molar-refractivity contribution < 1.29 is 19.0 Å². The van der Waals surface area contributed by atoms with Crippen LogP contribution in [0.25, 0.3) is 11.0 Å². The molecule has 0 spiro atoms. The smallest absolute Gasteiger partial charge is 0.349 e. The van der Waals surface area contributed by atoms with Gasteiger partial charge in [-0.2, -0.15) is 5.10 Å². The van der Waals surface area contributed by atoms with Crippen molar-refractivity contribution in [3.8, 4) is 11.5 Å². The zero-order chi connectivity index (χ0) is 24.9. The molecule has 0 radical (unpaired) electrons. The molecule has 2 heterocycles. The van der Waals surface area contributed by atoms with Gasteiger partial charge in [0.25, 0.3) is 5.56 Å². The summed E-state index contributed by atoms with van der Waals surface area (Å²) in [5, 5.41) is 4.59. The Hall–Kier alpha value is -3.36. The number of esters is 1. The summed E-state index contributed by atoms with van der Waals surface area (Å²) in [5.41, 5.74) is 0.853. The van der Waals surface area contributed by atoms with E-state index in [0.29, 0.717) is 41.4 Å². The van der Waals surface area contributed by atoms with Crippen molar-refractivity contribution in [2.45, 2.75) is 73.1 Å². The van der Waals surface area contributed by atoms with Gasteiger partial charge in [0, 0.05) is 12.6 Å². The van der Waals surface area contributed by atoms with Gasteiger partial charge in [0.2, 0.25) is 0 Å². The van der Waals surface area contributed by atoms with E-state index in [4.69, 9.17) is 19.2 Å². The van der Waals surface area contributed by atoms with Crippen LogP contribution in [0.2, 0.25) is 0 Å². The fourth-order valence-electron chi connectivity index (χ4n) is 3.75. The molecule has 0 atom stereocenters. The van der Waals surface area contributed by atoms with Crippen molar-refractivity contribution in [3.63, 3.8) is 0 Å². The number of benzene rings is 1. The second-order valence-electron chi connectivity index (χ2n) is 8.48. The number of carbonyl (C=O) groups excluding carboxylic acids is 1. The molecule has 2 aromatic heterocycles. The molecule has 9 heteroatoms. The molecule has 184 valence electrons. The number of hydrogen-bond donors (Lipinski definition) is 0. The predicted molar refractivity (Wildman–Crippen MR) is 129 cm³/mol. The minimum absolute atomic E-state index is 0.115. The van der Waals surface area contributed by atoms with Crippen LogP contribution in [0, 0.1) is 6.92 Å². The molecular formula is C25H34N4O5. The van der Waals surface area contributed by atoms with Crippen LogP contribution in [0.5, 0.6) is 11.5 Å². The molecule has 3 rings (SSSR count). The highest BCUT2D eigenvalue weighted by atomic mass is 16.6. The number of fused-ring (bicyclic) bond motifs is 1. The second-order valence-corrected chi connectivity index (χ2v) is 8.48. The molecule has 9 nitrogen and oxygen atoms in total. The molecule has 0 unspecified atom stereocenters. The number of rotatable bonds is 11. The summed E-state index contributed by atoms with van der Waals surface area (Å²) in [5.74, 6) is 1.25. The van der Waals surface area contributed by atoms with Crippen LogP contribution in [0.3, 0.4) is 0 Å². The van der Waals surface area contributed by atoms with Gasteiger partial charge < -0.3 is 14.2 Å². The maximum Gasteiger partial charge on any atom is 0.349 e. The molecule has 0 aliphatic heterocycles. The minimum Gasteiger partial charge on any atom is -0.492 e. The zero-order valence-corrected chi connectivity index (χ0v) is 20.9. The fraction of sp³-hybridized carbons (Fsp3) is 0.520. The van der Waals surface area contributed by atoms with Crippen molar-refractivity contribution in [1.29, 1.82) is 0 Å². The Morgan fingerprint density at radius 1 is 1.15 bits per heavy atom. The number of aromatic nitrogens is 4. The van der Waals surface area contributed by atoms with Gasteiger partial charge in [0.15, 0.2) is 11.1 Å². The van der Waals surface area contributed by atoms with Gasteiger partial charge in [0.05, 0.1) is 18.8 Å². The van der Waals surface area contributed by atoms with Crippen LogP contribution in [0.4, 0.5) is 0 Å². The maximum absolute atomic E-state index is 13.3. The quantitative estimate of drug-likeness (QED) is 0.394. The molecule has 0 aliphatic rings. The monoisotopic (exact) mass is 470 g/mol. The standard InChI is InChI=1S/C25H34N4O5/c1-7-11-20-21-22(29(8-2)27-20)23(30)28(17(4)26-21)14-15-33-18-12-10-13-19(16-18)34-25(5,6)24(31)32-9-3/h10,12-13,16H,7-9,11,14-15H2,1-6H3. The fourth-order valence-corrected chi connectivity index (χ4v) is 3.75. The van der Waals surface area contributed by atoms with Crippen molar-refractivity contribution in [3.05, 3.63) is 46.1 Å². The number of aryl methyl sites for hydroxylation is 3. The molecule has 34 heavy (non-hydrogen) atoms. The third-order valence-electron chi connectivity index (χ3n) is 5.42. The number of carbonyl (C=O) groups is 1. The van der Waals surface area contributed by atoms with E-state index < -0.39 is 11.6 Å². The molecule has 0 saturated heterocycles. The lowest BCUT2D eigenvalue weighted by atomic mass is 10.1. The van der Waals surface area contributed by atoms with E-state index in [-0.39, 0.29) is 18.8 Å². The summed E-state index contributed by atoms with van der Waals surface area (Å²) in [6.45, 7) is 12.4. The van der Waals surface area contributed by atoms with Crippen LogP contribution in [-0.4, -0.2) is 44.1 Å². The van der Waals surface area contributed by atoms with Gasteiger partial charge in [-0.15, -0.1) is 0 Å². The van der Waals surface area contributed by atoms with Crippen LogP contribution >= 0.6 is 0 Å². The van der Waals surface area contributed by atoms with Gasteiger partial charge in [-0.1, -0.05) is 19.4 Å². The van der Waals surface area contributed by atoms with Gasteiger partial charge in [-0.05, 0) is 53.2 Å². The molecule has 0 bridgehead atoms. The molecule has 0 N–H and O–H groups in total. The number of hydrogen-bond acceptors (Lipinski definition) is 7. The first kappa shape index (κ1) is 25.3. The van der Waals surface area contributed by atoms with E-state index in [1.54, 1.807) is 54.3 Å². The summed E-state index contributed by atoms with van der Waals surface area (Å²) in [7, 11) is 0. The van der Waals surface area contributed by atoms with Gasteiger partial charge in [-0.25, -0.2) is 9.78 Å². The largest absolute Gasteiger partial charge is 0.492 e. The Morgan fingerprint density at radius 2 is 1.88 bits per heavy atom.